The number of nitrogens with two attached hydrogens (primary N) is 1. The molecule has 0 aromatic carbocycles. The van der Waals surface area contributed by atoms with Gasteiger partial charge in [-0.15, -0.1) is 6.58 Å². The zero-order valence-corrected chi connectivity index (χ0v) is 9.95. The number of carbonyl (C=O) groups excluding carboxylic acids is 1. The predicted octanol–water partition coefficient (Wildman–Crippen LogP) is 1.42. The van der Waals surface area contributed by atoms with Gasteiger partial charge in [0.15, 0.2) is 0 Å². The van der Waals surface area contributed by atoms with Gasteiger partial charge in [0.1, 0.15) is 11.4 Å². The Bertz CT molecular complexity index is 389. The van der Waals surface area contributed by atoms with Gasteiger partial charge in [-0.1, -0.05) is 6.08 Å². The Labute approximate surface area is 95.3 Å². The Morgan fingerprint density at radius 2 is 2.31 bits per heavy atom. The summed E-state index contributed by atoms with van der Waals surface area (Å²) in [7, 11) is 0. The summed E-state index contributed by atoms with van der Waals surface area (Å²) in [6.07, 6.45) is 3.14. The minimum Gasteiger partial charge on any atom is -0.383 e. The van der Waals surface area contributed by atoms with E-state index >= 15 is 0 Å². The third kappa shape index (κ3) is 2.42. The molecule has 0 unspecified atom stereocenters. The number of hydrogen-bond acceptors (Lipinski definition) is 3. The number of rotatable bonds is 3. The van der Waals surface area contributed by atoms with Gasteiger partial charge >= 0.3 is 0 Å². The fourth-order valence-corrected chi connectivity index (χ4v) is 1.40. The smallest absolute Gasteiger partial charge is 0.259 e. The van der Waals surface area contributed by atoms with Crippen molar-refractivity contribution in [2.24, 2.45) is 0 Å². The maximum atomic E-state index is 12.2. The van der Waals surface area contributed by atoms with Crippen molar-refractivity contribution in [3.63, 3.8) is 0 Å². The fourth-order valence-electron chi connectivity index (χ4n) is 1.40. The van der Waals surface area contributed by atoms with Crippen molar-refractivity contribution in [3.8, 4) is 0 Å². The van der Waals surface area contributed by atoms with Gasteiger partial charge in [-0.2, -0.15) is 5.10 Å². The minimum atomic E-state index is -0.283. The Morgan fingerprint density at radius 3 is 2.69 bits per heavy atom. The van der Waals surface area contributed by atoms with E-state index in [0.29, 0.717) is 17.9 Å². The van der Waals surface area contributed by atoms with Gasteiger partial charge < -0.3 is 10.6 Å². The van der Waals surface area contributed by atoms with Crippen molar-refractivity contribution in [2.45, 2.75) is 26.3 Å². The van der Waals surface area contributed by atoms with Gasteiger partial charge in [-0.3, -0.25) is 9.89 Å². The molecule has 0 saturated carbocycles. The first-order valence-corrected chi connectivity index (χ1v) is 5.09. The lowest BCUT2D eigenvalue weighted by Crippen LogP contribution is -2.45. The zero-order chi connectivity index (χ0) is 12.3. The van der Waals surface area contributed by atoms with Crippen LogP contribution in [-0.4, -0.2) is 33.1 Å². The summed E-state index contributed by atoms with van der Waals surface area (Å²) in [5.41, 5.74) is 5.74. The van der Waals surface area contributed by atoms with Crippen LogP contribution >= 0.6 is 0 Å². The zero-order valence-electron chi connectivity index (χ0n) is 9.95. The number of hydrogen-bond donors (Lipinski definition) is 2. The summed E-state index contributed by atoms with van der Waals surface area (Å²) in [6, 6.07) is 0. The fraction of sp³-hybridized carbons (Fsp3) is 0.455. The normalized spacial score (nSPS) is 11.2. The number of nitrogen functional groups attached to an aromatic ring is 1. The van der Waals surface area contributed by atoms with Crippen molar-refractivity contribution in [1.82, 2.24) is 15.1 Å². The van der Waals surface area contributed by atoms with Gasteiger partial charge in [-0.25, -0.2) is 0 Å². The number of nitrogens with zero attached hydrogens (tertiary/aromatic N) is 2. The third-order valence-electron chi connectivity index (χ3n) is 2.27. The van der Waals surface area contributed by atoms with Crippen LogP contribution < -0.4 is 5.73 Å². The van der Waals surface area contributed by atoms with E-state index in [1.165, 1.54) is 6.20 Å². The summed E-state index contributed by atoms with van der Waals surface area (Å²) in [5, 5.41) is 6.30. The largest absolute Gasteiger partial charge is 0.383 e. The lowest BCUT2D eigenvalue weighted by molar-refractivity contribution is 0.0618. The van der Waals surface area contributed by atoms with Crippen molar-refractivity contribution in [2.75, 3.05) is 12.3 Å². The number of amides is 1. The van der Waals surface area contributed by atoms with Crippen molar-refractivity contribution in [3.05, 3.63) is 24.4 Å². The summed E-state index contributed by atoms with van der Waals surface area (Å²) >= 11 is 0. The van der Waals surface area contributed by atoms with Gasteiger partial charge in [0, 0.05) is 12.1 Å². The van der Waals surface area contributed by atoms with E-state index in [1.54, 1.807) is 11.0 Å². The number of carbonyl (C=O) groups is 1. The molecule has 0 radical (unpaired) electrons. The molecule has 1 aromatic rings. The van der Waals surface area contributed by atoms with Crippen LogP contribution in [0.25, 0.3) is 0 Å². The number of H-pyrrole nitrogens is 1. The van der Waals surface area contributed by atoms with Crippen LogP contribution in [0.5, 0.6) is 0 Å². The first-order chi connectivity index (χ1) is 7.38. The van der Waals surface area contributed by atoms with Crippen LogP contribution in [0, 0.1) is 0 Å². The van der Waals surface area contributed by atoms with E-state index < -0.39 is 0 Å². The Balaban J connectivity index is 3.01. The molecular weight excluding hydrogens is 204 g/mol. The molecule has 1 aromatic heterocycles. The minimum absolute atomic E-state index is 0.140. The van der Waals surface area contributed by atoms with Crippen molar-refractivity contribution >= 4 is 11.7 Å². The summed E-state index contributed by atoms with van der Waals surface area (Å²) in [5.74, 6) is 0.155. The summed E-state index contributed by atoms with van der Waals surface area (Å²) < 4.78 is 0. The summed E-state index contributed by atoms with van der Waals surface area (Å²) in [6.45, 7) is 10.0. The maximum Gasteiger partial charge on any atom is 0.259 e. The van der Waals surface area contributed by atoms with Crippen LogP contribution in [-0.2, 0) is 0 Å². The molecule has 0 fully saturated rings. The maximum absolute atomic E-state index is 12.2. The number of aromatic amines is 1. The van der Waals surface area contributed by atoms with Gasteiger partial charge in [0.05, 0.1) is 6.20 Å². The Hall–Kier alpha value is -1.78. The lowest BCUT2D eigenvalue weighted by Gasteiger charge is -2.34. The van der Waals surface area contributed by atoms with Crippen LogP contribution in [0.4, 0.5) is 5.82 Å². The Morgan fingerprint density at radius 1 is 1.69 bits per heavy atom. The number of nitrogens with one attached hydrogen (secondary N) is 1. The monoisotopic (exact) mass is 222 g/mol. The molecular formula is C11H18N4O. The molecule has 0 aliphatic heterocycles. The molecule has 88 valence electrons. The molecule has 1 heterocycles. The average molecular weight is 222 g/mol. The van der Waals surface area contributed by atoms with Gasteiger partial charge in [0.2, 0.25) is 0 Å². The quantitative estimate of drug-likeness (QED) is 0.759. The average Bonchev–Trinajstić information content (AvgIpc) is 2.58. The number of aromatic nitrogens is 2. The van der Waals surface area contributed by atoms with E-state index in [2.05, 4.69) is 16.8 Å². The van der Waals surface area contributed by atoms with E-state index in [0.717, 1.165) is 0 Å². The second-order valence-electron chi connectivity index (χ2n) is 4.57. The molecule has 0 spiro atoms. The molecule has 5 nitrogen and oxygen atoms in total. The SMILES string of the molecule is C=CCN(C(=O)c1cn[nH]c1N)C(C)(C)C. The molecule has 0 saturated heterocycles. The molecule has 0 aliphatic carbocycles. The third-order valence-corrected chi connectivity index (χ3v) is 2.27. The van der Waals surface area contributed by atoms with E-state index in [-0.39, 0.29) is 11.4 Å². The Kier molecular flexibility index (Phi) is 3.37. The van der Waals surface area contributed by atoms with E-state index in [9.17, 15) is 4.79 Å². The molecule has 16 heavy (non-hydrogen) atoms. The molecule has 0 atom stereocenters. The van der Waals surface area contributed by atoms with Crippen molar-refractivity contribution < 1.29 is 4.79 Å². The van der Waals surface area contributed by atoms with Crippen LogP contribution in [0.15, 0.2) is 18.9 Å². The second kappa shape index (κ2) is 4.38. The predicted molar refractivity (Wildman–Crippen MR) is 64.0 cm³/mol. The topological polar surface area (TPSA) is 75.0 Å². The highest BCUT2D eigenvalue weighted by Gasteiger charge is 2.28. The molecule has 5 heteroatoms. The van der Waals surface area contributed by atoms with Crippen LogP contribution in [0.1, 0.15) is 31.1 Å². The second-order valence-corrected chi connectivity index (χ2v) is 4.57. The molecule has 0 bridgehead atoms. The lowest BCUT2D eigenvalue weighted by atomic mass is 10.0. The molecule has 1 amide bonds. The molecule has 0 aliphatic rings. The first kappa shape index (κ1) is 12.3. The van der Waals surface area contributed by atoms with E-state index in [1.807, 2.05) is 20.8 Å². The standard InChI is InChI=1S/C11H18N4O/c1-5-6-15(11(2,3)4)10(16)8-7-13-14-9(8)12/h5,7H,1,6H2,2-4H3,(H3,12,13,14). The van der Waals surface area contributed by atoms with E-state index in [4.69, 9.17) is 5.73 Å². The van der Waals surface area contributed by atoms with Crippen molar-refractivity contribution in [1.29, 1.82) is 0 Å². The van der Waals surface area contributed by atoms with Crippen LogP contribution in [0.2, 0.25) is 0 Å². The highest BCUT2D eigenvalue weighted by Crippen LogP contribution is 2.19. The highest BCUT2D eigenvalue weighted by molar-refractivity contribution is 5.98. The highest BCUT2D eigenvalue weighted by atomic mass is 16.2. The van der Waals surface area contributed by atoms with Gasteiger partial charge in [0.25, 0.3) is 5.91 Å². The summed E-state index contributed by atoms with van der Waals surface area (Å²) in [4.78, 5) is 13.9. The first-order valence-electron chi connectivity index (χ1n) is 5.09. The van der Waals surface area contributed by atoms with Gasteiger partial charge in [-0.05, 0) is 20.8 Å². The molecule has 1 rings (SSSR count). The van der Waals surface area contributed by atoms with Crippen LogP contribution in [0.3, 0.4) is 0 Å². The number of anilines is 1. The molecule has 3 N–H and O–H groups in total.